The van der Waals surface area contributed by atoms with Crippen LogP contribution in [0.15, 0.2) is 53.0 Å². The summed E-state index contributed by atoms with van der Waals surface area (Å²) in [6, 6.07) is 15.6. The molecule has 0 aliphatic carbocycles. The van der Waals surface area contributed by atoms with Crippen LogP contribution in [0.5, 0.6) is 0 Å². The summed E-state index contributed by atoms with van der Waals surface area (Å²) < 4.78 is 1.03. The number of hydrogen-bond acceptors (Lipinski definition) is 2. The first kappa shape index (κ1) is 15.0. The average molecular weight is 393 g/mol. The third kappa shape index (κ3) is 2.53. The molecule has 2 aromatic carbocycles. The summed E-state index contributed by atoms with van der Waals surface area (Å²) in [6.07, 6.45) is 0.895. The van der Waals surface area contributed by atoms with Crippen molar-refractivity contribution in [1.82, 2.24) is 10.0 Å². The second-order valence-electron chi connectivity index (χ2n) is 5.69. The monoisotopic (exact) mass is 391 g/mol. The second kappa shape index (κ2) is 5.82. The van der Waals surface area contributed by atoms with Crippen molar-refractivity contribution < 1.29 is 4.79 Å². The lowest BCUT2D eigenvalue weighted by Gasteiger charge is -2.28. The molecule has 0 saturated carbocycles. The quantitative estimate of drug-likeness (QED) is 0.743. The number of fused-ring (bicyclic) bond motifs is 1. The highest BCUT2D eigenvalue weighted by Gasteiger charge is 2.47. The zero-order valence-electron chi connectivity index (χ0n) is 12.3. The van der Waals surface area contributed by atoms with E-state index in [0.717, 1.165) is 35.2 Å². The lowest BCUT2D eigenvalue weighted by Crippen LogP contribution is -2.32. The van der Waals surface area contributed by atoms with E-state index < -0.39 is 0 Å². The van der Waals surface area contributed by atoms with Crippen molar-refractivity contribution in [2.45, 2.75) is 12.6 Å². The van der Waals surface area contributed by atoms with E-state index in [9.17, 15) is 4.79 Å². The van der Waals surface area contributed by atoms with Crippen LogP contribution in [0.3, 0.4) is 0 Å². The average Bonchev–Trinajstić information content (AvgIpc) is 3.12. The molecule has 0 unspecified atom stereocenters. The Morgan fingerprint density at radius 2 is 1.70 bits per heavy atom. The van der Waals surface area contributed by atoms with Crippen LogP contribution in [0.1, 0.15) is 18.2 Å². The third-order valence-corrected chi connectivity index (χ3v) is 5.07. The molecule has 2 aliphatic heterocycles. The molecule has 0 aromatic heterocycles. The van der Waals surface area contributed by atoms with Gasteiger partial charge in [0.15, 0.2) is 0 Å². The molecule has 0 N–H and O–H groups in total. The summed E-state index contributed by atoms with van der Waals surface area (Å²) >= 11 is 9.46. The van der Waals surface area contributed by atoms with Crippen molar-refractivity contribution in [3.05, 3.63) is 63.6 Å². The number of carbonyl (C=O) groups is 1. The highest BCUT2D eigenvalue weighted by Crippen LogP contribution is 2.40. The summed E-state index contributed by atoms with van der Waals surface area (Å²) in [5, 5.41) is 4.67. The molecule has 2 fully saturated rings. The topological polar surface area (TPSA) is 26.8 Å². The van der Waals surface area contributed by atoms with Crippen molar-refractivity contribution in [2.24, 2.45) is 0 Å². The molecule has 23 heavy (non-hydrogen) atoms. The number of benzene rings is 2. The second-order valence-corrected chi connectivity index (χ2v) is 7.05. The molecule has 0 spiro atoms. The van der Waals surface area contributed by atoms with Gasteiger partial charge in [-0.05, 0) is 48.4 Å². The number of rotatable bonds is 2. The van der Waals surface area contributed by atoms with Gasteiger partial charge >= 0.3 is 6.03 Å². The number of nitrogens with zero attached hydrogens (tertiary/aromatic N) is 3. The first-order valence-electron chi connectivity index (χ1n) is 7.53. The fourth-order valence-electron chi connectivity index (χ4n) is 3.26. The minimum Gasteiger partial charge on any atom is -0.271 e. The van der Waals surface area contributed by atoms with Gasteiger partial charge in [-0.2, -0.15) is 5.01 Å². The van der Waals surface area contributed by atoms with Crippen molar-refractivity contribution in [3.63, 3.8) is 0 Å². The van der Waals surface area contributed by atoms with Crippen LogP contribution >= 0.6 is 27.5 Å². The lowest BCUT2D eigenvalue weighted by molar-refractivity contribution is 0.0728. The molecule has 6 heteroatoms. The maximum atomic E-state index is 12.9. The van der Waals surface area contributed by atoms with E-state index in [1.165, 1.54) is 0 Å². The molecule has 2 heterocycles. The van der Waals surface area contributed by atoms with E-state index in [-0.39, 0.29) is 12.2 Å². The van der Waals surface area contributed by atoms with E-state index in [1.54, 1.807) is 0 Å². The minimum absolute atomic E-state index is 0.0257. The molecular weight excluding hydrogens is 378 g/mol. The fraction of sp³-hybridized carbons (Fsp3) is 0.235. The molecule has 0 radical (unpaired) electrons. The predicted octanol–water partition coefficient (Wildman–Crippen LogP) is 4.66. The van der Waals surface area contributed by atoms with Crippen LogP contribution < -0.4 is 4.90 Å². The van der Waals surface area contributed by atoms with Gasteiger partial charge in [0, 0.05) is 28.3 Å². The molecule has 2 aliphatic rings. The Labute approximate surface area is 148 Å². The maximum absolute atomic E-state index is 12.9. The van der Waals surface area contributed by atoms with Crippen molar-refractivity contribution >= 4 is 39.2 Å². The van der Waals surface area contributed by atoms with Crippen LogP contribution in [-0.4, -0.2) is 29.1 Å². The normalized spacial score (nSPS) is 21.1. The first-order chi connectivity index (χ1) is 11.1. The Morgan fingerprint density at radius 1 is 1.00 bits per heavy atom. The van der Waals surface area contributed by atoms with Crippen LogP contribution in [0.2, 0.25) is 5.02 Å². The van der Waals surface area contributed by atoms with Crippen LogP contribution in [0, 0.1) is 0 Å². The molecule has 0 bridgehead atoms. The summed E-state index contributed by atoms with van der Waals surface area (Å²) in [6.45, 7) is 1.66. The Morgan fingerprint density at radius 3 is 2.39 bits per heavy atom. The number of urea groups is 1. The number of hydrogen-bond donors (Lipinski definition) is 0. The van der Waals surface area contributed by atoms with Crippen LogP contribution in [0.4, 0.5) is 10.5 Å². The minimum atomic E-state index is -0.112. The molecule has 4 rings (SSSR count). The van der Waals surface area contributed by atoms with Gasteiger partial charge < -0.3 is 0 Å². The van der Waals surface area contributed by atoms with Gasteiger partial charge in [0.25, 0.3) is 0 Å². The van der Waals surface area contributed by atoms with Crippen molar-refractivity contribution in [3.8, 4) is 0 Å². The van der Waals surface area contributed by atoms with Gasteiger partial charge in [-0.3, -0.25) is 9.91 Å². The largest absolute Gasteiger partial charge is 0.340 e. The van der Waals surface area contributed by atoms with Gasteiger partial charge in [0.2, 0.25) is 0 Å². The number of hydrazine groups is 1. The van der Waals surface area contributed by atoms with E-state index in [2.05, 4.69) is 33.1 Å². The molecule has 118 valence electrons. The van der Waals surface area contributed by atoms with Crippen molar-refractivity contribution in [1.29, 1.82) is 0 Å². The SMILES string of the molecule is O=C1N(c2ccc(Cl)cc2)[C@H](c2ccc(Br)cc2)N2CCCN12. The summed E-state index contributed by atoms with van der Waals surface area (Å²) in [7, 11) is 0. The molecular formula is C17H15BrClN3O. The Balaban J connectivity index is 1.79. The standard InChI is InChI=1S/C17H15BrClN3O/c18-13-4-2-12(3-5-13)16-20-10-1-11-21(20)17(23)22(16)15-8-6-14(19)7-9-15/h2-9,16H,1,10-11H2/t16-/m1/s1. The Kier molecular flexibility index (Phi) is 3.79. The molecule has 2 aromatic rings. The first-order valence-corrected chi connectivity index (χ1v) is 8.70. The van der Waals surface area contributed by atoms with Gasteiger partial charge in [0.05, 0.1) is 0 Å². The molecule has 2 saturated heterocycles. The molecule has 1 atom stereocenters. The van der Waals surface area contributed by atoms with Crippen LogP contribution in [-0.2, 0) is 0 Å². The molecule has 2 amide bonds. The van der Waals surface area contributed by atoms with E-state index in [4.69, 9.17) is 11.6 Å². The van der Waals surface area contributed by atoms with Gasteiger partial charge in [-0.25, -0.2) is 4.79 Å². The zero-order chi connectivity index (χ0) is 16.0. The maximum Gasteiger partial charge on any atom is 0.340 e. The third-order valence-electron chi connectivity index (χ3n) is 4.29. The highest BCUT2D eigenvalue weighted by atomic mass is 79.9. The number of halogens is 2. The number of anilines is 1. The van der Waals surface area contributed by atoms with E-state index in [0.29, 0.717) is 5.02 Å². The predicted molar refractivity (Wildman–Crippen MR) is 94.2 cm³/mol. The summed E-state index contributed by atoms with van der Waals surface area (Å²) in [5.74, 6) is 0. The van der Waals surface area contributed by atoms with Gasteiger partial charge in [0.1, 0.15) is 6.17 Å². The molecule has 4 nitrogen and oxygen atoms in total. The highest BCUT2D eigenvalue weighted by molar-refractivity contribution is 9.10. The van der Waals surface area contributed by atoms with E-state index in [1.807, 2.05) is 46.3 Å². The number of amides is 2. The van der Waals surface area contributed by atoms with E-state index >= 15 is 0 Å². The summed E-state index contributed by atoms with van der Waals surface area (Å²) in [4.78, 5) is 14.7. The Hall–Kier alpha value is -1.56. The summed E-state index contributed by atoms with van der Waals surface area (Å²) in [5.41, 5.74) is 1.96. The number of carbonyl (C=O) groups excluding carboxylic acids is 1. The van der Waals surface area contributed by atoms with Gasteiger partial charge in [-0.15, -0.1) is 0 Å². The Bertz CT molecular complexity index is 735. The van der Waals surface area contributed by atoms with Crippen LogP contribution in [0.25, 0.3) is 0 Å². The smallest absolute Gasteiger partial charge is 0.271 e. The van der Waals surface area contributed by atoms with Crippen molar-refractivity contribution in [2.75, 3.05) is 18.0 Å². The van der Waals surface area contributed by atoms with Gasteiger partial charge in [-0.1, -0.05) is 39.7 Å². The fourth-order valence-corrected chi connectivity index (χ4v) is 3.65. The zero-order valence-corrected chi connectivity index (χ0v) is 14.7. The lowest BCUT2D eigenvalue weighted by atomic mass is 10.1.